The van der Waals surface area contributed by atoms with Crippen LogP contribution in [0.3, 0.4) is 0 Å². The molecular weight excluding hydrogens is 529 g/mol. The molecule has 0 aliphatic carbocycles. The monoisotopic (exact) mass is 554 g/mol. The summed E-state index contributed by atoms with van der Waals surface area (Å²) in [6.07, 6.45) is -0.557. The van der Waals surface area contributed by atoms with E-state index in [4.69, 9.17) is 27.9 Å². The van der Waals surface area contributed by atoms with Gasteiger partial charge in [0.15, 0.2) is 11.6 Å². The molecule has 1 saturated heterocycles. The van der Waals surface area contributed by atoms with Gasteiger partial charge in [-0.15, -0.1) is 0 Å². The van der Waals surface area contributed by atoms with Gasteiger partial charge in [0.05, 0.1) is 11.6 Å². The Hall–Kier alpha value is -2.07. The molecule has 0 saturated carbocycles. The highest BCUT2D eigenvalue weighted by Crippen LogP contribution is 2.31. The van der Waals surface area contributed by atoms with E-state index in [1.807, 2.05) is 30.3 Å². The summed E-state index contributed by atoms with van der Waals surface area (Å²) < 4.78 is 61.2. The molecule has 0 N–H and O–H groups in total. The second-order valence-corrected chi connectivity index (χ2v) is 11.3. The summed E-state index contributed by atoms with van der Waals surface area (Å²) in [5.74, 6) is -1.83. The average molecular weight is 555 g/mol. The van der Waals surface area contributed by atoms with Crippen LogP contribution in [-0.2, 0) is 14.8 Å². The number of aryl methyl sites for hydroxylation is 1. The van der Waals surface area contributed by atoms with E-state index in [0.717, 1.165) is 17.7 Å². The zero-order valence-electron chi connectivity index (χ0n) is 19.6. The van der Waals surface area contributed by atoms with E-state index in [0.29, 0.717) is 55.5 Å². The first-order chi connectivity index (χ1) is 17.2. The average Bonchev–Trinajstić information content (AvgIpc) is 2.86. The van der Waals surface area contributed by atoms with Gasteiger partial charge >= 0.3 is 0 Å². The van der Waals surface area contributed by atoms with Crippen molar-refractivity contribution in [3.8, 4) is 0 Å². The first-order valence-corrected chi connectivity index (χ1v) is 13.7. The Bertz CT molecular complexity index is 1320. The molecule has 0 aromatic heterocycles. The van der Waals surface area contributed by atoms with Gasteiger partial charge in [0.1, 0.15) is 11.0 Å². The smallest absolute Gasteiger partial charge is 0.244 e. The van der Waals surface area contributed by atoms with Gasteiger partial charge in [-0.3, -0.25) is 4.90 Å². The van der Waals surface area contributed by atoms with Crippen molar-refractivity contribution in [1.29, 1.82) is 0 Å². The number of benzene rings is 3. The maximum Gasteiger partial charge on any atom is 0.244 e. The fourth-order valence-electron chi connectivity index (χ4n) is 4.15. The summed E-state index contributed by atoms with van der Waals surface area (Å²) in [5.41, 5.74) is 1.99. The summed E-state index contributed by atoms with van der Waals surface area (Å²) in [6.45, 7) is 4.28. The summed E-state index contributed by atoms with van der Waals surface area (Å²) in [4.78, 5) is 2.16. The van der Waals surface area contributed by atoms with E-state index in [2.05, 4.69) is 4.90 Å². The maximum atomic E-state index is 13.9. The highest BCUT2D eigenvalue weighted by molar-refractivity contribution is 7.89. The van der Waals surface area contributed by atoms with Crippen LogP contribution < -0.4 is 0 Å². The Morgan fingerprint density at radius 3 is 2.25 bits per heavy atom. The van der Waals surface area contributed by atoms with E-state index in [1.54, 1.807) is 6.92 Å². The number of rotatable bonds is 8. The molecule has 1 aliphatic heterocycles. The fourth-order valence-corrected chi connectivity index (χ4v) is 6.38. The second-order valence-electron chi connectivity index (χ2n) is 8.61. The fraction of sp³-hybridized carbons (Fsp3) is 0.308. The van der Waals surface area contributed by atoms with Crippen LogP contribution in [0, 0.1) is 18.6 Å². The van der Waals surface area contributed by atoms with Crippen LogP contribution in [-0.4, -0.2) is 57.0 Å². The minimum Gasteiger partial charge on any atom is -0.367 e. The predicted molar refractivity (Wildman–Crippen MR) is 137 cm³/mol. The van der Waals surface area contributed by atoms with E-state index < -0.39 is 27.8 Å². The molecule has 3 aromatic rings. The molecule has 4 rings (SSSR count). The zero-order chi connectivity index (χ0) is 25.9. The third kappa shape index (κ3) is 6.07. The highest BCUT2D eigenvalue weighted by atomic mass is 35.5. The van der Waals surface area contributed by atoms with Crippen molar-refractivity contribution >= 4 is 33.2 Å². The molecular formula is C26H26Cl2F2N2O3S. The molecule has 0 amide bonds. The van der Waals surface area contributed by atoms with Crippen molar-refractivity contribution in [2.24, 2.45) is 0 Å². The largest absolute Gasteiger partial charge is 0.367 e. The lowest BCUT2D eigenvalue weighted by Crippen LogP contribution is -2.49. The Morgan fingerprint density at radius 2 is 1.58 bits per heavy atom. The zero-order valence-corrected chi connectivity index (χ0v) is 22.0. The molecule has 1 fully saturated rings. The van der Waals surface area contributed by atoms with Gasteiger partial charge in [0.2, 0.25) is 10.0 Å². The van der Waals surface area contributed by atoms with Crippen LogP contribution in [0.25, 0.3) is 0 Å². The standard InChI is InChI=1S/C26H26Cl2F2N2O3S/c1-18-15-25(22(28)17-21(18)27)36(33,34)32-11-9-31(10-12-32)13-14-35-26(19-5-3-2-4-6-19)20-7-8-23(29)24(30)16-20/h2-8,15-17,26H,9-14H2,1H3/t26-/m0/s1. The van der Waals surface area contributed by atoms with E-state index in [9.17, 15) is 17.2 Å². The van der Waals surface area contributed by atoms with Crippen LogP contribution in [0.4, 0.5) is 8.78 Å². The molecule has 3 aromatic carbocycles. The summed E-state index contributed by atoms with van der Waals surface area (Å²) >= 11 is 12.2. The van der Waals surface area contributed by atoms with Gasteiger partial charge < -0.3 is 4.74 Å². The predicted octanol–water partition coefficient (Wildman–Crippen LogP) is 5.69. The minimum atomic E-state index is -3.75. The number of halogens is 4. The number of nitrogens with zero attached hydrogens (tertiary/aromatic N) is 2. The Morgan fingerprint density at radius 1 is 0.889 bits per heavy atom. The Labute approximate surface area is 220 Å². The van der Waals surface area contributed by atoms with Gasteiger partial charge in [0.25, 0.3) is 0 Å². The lowest BCUT2D eigenvalue weighted by Gasteiger charge is -2.34. The lowest BCUT2D eigenvalue weighted by molar-refractivity contribution is 0.0525. The first-order valence-electron chi connectivity index (χ1n) is 11.5. The number of hydrogen-bond donors (Lipinski definition) is 0. The van der Waals surface area contributed by atoms with Gasteiger partial charge in [-0.2, -0.15) is 4.31 Å². The number of piperazine rings is 1. The van der Waals surface area contributed by atoms with Crippen molar-refractivity contribution in [1.82, 2.24) is 9.21 Å². The van der Waals surface area contributed by atoms with Crippen molar-refractivity contribution < 1.29 is 21.9 Å². The first kappa shape index (κ1) is 27.0. The van der Waals surface area contributed by atoms with Gasteiger partial charge in [0, 0.05) is 37.7 Å². The Balaban J connectivity index is 1.37. The molecule has 5 nitrogen and oxygen atoms in total. The summed E-state index contributed by atoms with van der Waals surface area (Å²) in [5, 5.41) is 0.520. The Kier molecular flexibility index (Phi) is 8.65. The molecule has 1 atom stereocenters. The maximum absolute atomic E-state index is 13.9. The molecule has 10 heteroatoms. The molecule has 0 spiro atoms. The van der Waals surface area contributed by atoms with Crippen molar-refractivity contribution in [3.05, 3.63) is 99.0 Å². The SMILES string of the molecule is Cc1cc(S(=O)(=O)N2CCN(CCO[C@@H](c3ccccc3)c3ccc(F)c(F)c3)CC2)c(Cl)cc1Cl. The lowest BCUT2D eigenvalue weighted by atomic mass is 10.0. The molecule has 0 unspecified atom stereocenters. The van der Waals surface area contributed by atoms with Crippen molar-refractivity contribution in [2.45, 2.75) is 17.9 Å². The van der Waals surface area contributed by atoms with Gasteiger partial charge in [-0.05, 0) is 47.9 Å². The molecule has 0 radical (unpaired) electrons. The quantitative estimate of drug-likeness (QED) is 0.358. The van der Waals surface area contributed by atoms with E-state index >= 15 is 0 Å². The highest BCUT2D eigenvalue weighted by Gasteiger charge is 2.30. The van der Waals surface area contributed by atoms with Crippen LogP contribution >= 0.6 is 23.2 Å². The molecule has 1 aliphatic rings. The summed E-state index contributed by atoms with van der Waals surface area (Å²) in [7, 11) is -3.75. The van der Waals surface area contributed by atoms with Crippen LogP contribution in [0.2, 0.25) is 10.0 Å². The number of hydrogen-bond acceptors (Lipinski definition) is 4. The van der Waals surface area contributed by atoms with E-state index in [-0.39, 0.29) is 9.92 Å². The normalized spacial score (nSPS) is 16.2. The topological polar surface area (TPSA) is 49.9 Å². The second kappa shape index (κ2) is 11.5. The number of ether oxygens (including phenoxy) is 1. The molecule has 36 heavy (non-hydrogen) atoms. The van der Waals surface area contributed by atoms with Crippen molar-refractivity contribution in [2.75, 3.05) is 39.3 Å². The van der Waals surface area contributed by atoms with Crippen LogP contribution in [0.5, 0.6) is 0 Å². The molecule has 1 heterocycles. The minimum absolute atomic E-state index is 0.0556. The summed E-state index contributed by atoms with van der Waals surface area (Å²) in [6, 6.07) is 16.1. The van der Waals surface area contributed by atoms with Crippen molar-refractivity contribution in [3.63, 3.8) is 0 Å². The number of sulfonamides is 1. The third-order valence-electron chi connectivity index (χ3n) is 6.20. The van der Waals surface area contributed by atoms with E-state index in [1.165, 1.54) is 22.5 Å². The van der Waals surface area contributed by atoms with Crippen LogP contribution in [0.15, 0.2) is 65.6 Å². The van der Waals surface area contributed by atoms with Gasteiger partial charge in [-0.1, -0.05) is 59.6 Å². The third-order valence-corrected chi connectivity index (χ3v) is 8.97. The molecule has 192 valence electrons. The van der Waals surface area contributed by atoms with Crippen LogP contribution in [0.1, 0.15) is 22.8 Å². The van der Waals surface area contributed by atoms with Gasteiger partial charge in [-0.25, -0.2) is 17.2 Å². The molecule has 0 bridgehead atoms.